The van der Waals surface area contributed by atoms with Crippen LogP contribution >= 0.6 is 0 Å². The molecule has 1 aliphatic rings. The zero-order chi connectivity index (χ0) is 18.7. The van der Waals surface area contributed by atoms with E-state index >= 15 is 0 Å². The zero-order valence-electron chi connectivity index (χ0n) is 15.7. The average Bonchev–Trinajstić information content (AvgIpc) is 2.62. The number of carbonyl (C=O) groups is 1. The van der Waals surface area contributed by atoms with Crippen LogP contribution in [0.15, 0.2) is 35.4 Å². The van der Waals surface area contributed by atoms with Gasteiger partial charge in [-0.2, -0.15) is 0 Å². The molecule has 3 rings (SSSR count). The molecule has 138 valence electrons. The molecule has 2 heterocycles. The van der Waals surface area contributed by atoms with Crippen LogP contribution in [0, 0.1) is 13.8 Å². The Morgan fingerprint density at radius 1 is 1.23 bits per heavy atom. The van der Waals surface area contributed by atoms with Crippen molar-refractivity contribution in [2.75, 3.05) is 18.0 Å². The van der Waals surface area contributed by atoms with Gasteiger partial charge in [0, 0.05) is 43.6 Å². The van der Waals surface area contributed by atoms with Gasteiger partial charge in [0.05, 0.1) is 0 Å². The Hall–Kier alpha value is -2.63. The lowest BCUT2D eigenvalue weighted by Gasteiger charge is -2.33. The first kappa shape index (κ1) is 18.2. The van der Waals surface area contributed by atoms with Crippen molar-refractivity contribution >= 4 is 11.7 Å². The number of hydrogen-bond donors (Lipinski definition) is 1. The van der Waals surface area contributed by atoms with Gasteiger partial charge in [-0.25, -0.2) is 4.98 Å². The van der Waals surface area contributed by atoms with Crippen LogP contribution in [-0.4, -0.2) is 34.6 Å². The SMILES string of the molecule is CCn1ccnc(N2CCC(NC(=O)c3c(C)cccc3C)CC2)c1=O. The molecule has 2 aromatic rings. The molecule has 0 spiro atoms. The van der Waals surface area contributed by atoms with Gasteiger partial charge in [0.25, 0.3) is 11.5 Å². The molecular weight excluding hydrogens is 328 g/mol. The monoisotopic (exact) mass is 354 g/mol. The van der Waals surface area contributed by atoms with E-state index < -0.39 is 0 Å². The van der Waals surface area contributed by atoms with Crippen molar-refractivity contribution in [2.24, 2.45) is 0 Å². The van der Waals surface area contributed by atoms with E-state index in [4.69, 9.17) is 0 Å². The first-order chi connectivity index (χ1) is 12.5. The second-order valence-corrected chi connectivity index (χ2v) is 6.84. The third-order valence-electron chi connectivity index (χ3n) is 5.07. The fourth-order valence-corrected chi connectivity index (χ4v) is 3.57. The summed E-state index contributed by atoms with van der Waals surface area (Å²) < 4.78 is 1.66. The van der Waals surface area contributed by atoms with Crippen LogP contribution in [0.4, 0.5) is 5.82 Å². The summed E-state index contributed by atoms with van der Waals surface area (Å²) in [6.07, 6.45) is 5.00. The molecule has 1 aromatic carbocycles. The van der Waals surface area contributed by atoms with Crippen LogP contribution in [-0.2, 0) is 6.54 Å². The summed E-state index contributed by atoms with van der Waals surface area (Å²) in [6.45, 7) is 7.94. The van der Waals surface area contributed by atoms with Gasteiger partial charge in [0.15, 0.2) is 5.82 Å². The number of piperidine rings is 1. The summed E-state index contributed by atoms with van der Waals surface area (Å²) in [5.74, 6) is 0.499. The predicted octanol–water partition coefficient (Wildman–Crippen LogP) is 2.28. The minimum absolute atomic E-state index is 0.00905. The van der Waals surface area contributed by atoms with Crippen molar-refractivity contribution < 1.29 is 4.79 Å². The predicted molar refractivity (Wildman–Crippen MR) is 103 cm³/mol. The molecule has 1 aliphatic heterocycles. The summed E-state index contributed by atoms with van der Waals surface area (Å²) in [5.41, 5.74) is 2.71. The first-order valence-electron chi connectivity index (χ1n) is 9.18. The first-order valence-corrected chi connectivity index (χ1v) is 9.18. The Balaban J connectivity index is 1.64. The number of anilines is 1. The lowest BCUT2D eigenvalue weighted by molar-refractivity contribution is 0.0930. The van der Waals surface area contributed by atoms with E-state index in [-0.39, 0.29) is 17.5 Å². The van der Waals surface area contributed by atoms with Gasteiger partial charge in [-0.15, -0.1) is 0 Å². The molecule has 1 aromatic heterocycles. The highest BCUT2D eigenvalue weighted by Crippen LogP contribution is 2.17. The van der Waals surface area contributed by atoms with E-state index in [1.165, 1.54) is 0 Å². The fraction of sp³-hybridized carbons (Fsp3) is 0.450. The van der Waals surface area contributed by atoms with Gasteiger partial charge in [-0.3, -0.25) is 9.59 Å². The second kappa shape index (κ2) is 7.72. The molecule has 6 heteroatoms. The average molecular weight is 354 g/mol. The summed E-state index contributed by atoms with van der Waals surface area (Å²) in [5, 5.41) is 3.16. The Bertz CT molecular complexity index is 831. The molecule has 1 fully saturated rings. The lowest BCUT2D eigenvalue weighted by atomic mass is 10.00. The van der Waals surface area contributed by atoms with Crippen molar-refractivity contribution in [1.29, 1.82) is 0 Å². The Labute approximate surface area is 153 Å². The maximum Gasteiger partial charge on any atom is 0.293 e. The molecule has 0 bridgehead atoms. The van der Waals surface area contributed by atoms with E-state index in [2.05, 4.69) is 10.3 Å². The normalized spacial score (nSPS) is 15.1. The molecule has 1 amide bonds. The van der Waals surface area contributed by atoms with E-state index in [1.807, 2.05) is 43.9 Å². The van der Waals surface area contributed by atoms with E-state index in [0.717, 1.165) is 29.5 Å². The third kappa shape index (κ3) is 3.64. The van der Waals surface area contributed by atoms with Crippen LogP contribution in [0.25, 0.3) is 0 Å². The van der Waals surface area contributed by atoms with Crippen molar-refractivity contribution in [3.63, 3.8) is 0 Å². The number of benzene rings is 1. The highest BCUT2D eigenvalue weighted by molar-refractivity contribution is 5.97. The van der Waals surface area contributed by atoms with Crippen LogP contribution in [0.5, 0.6) is 0 Å². The molecule has 1 N–H and O–H groups in total. The number of aryl methyl sites for hydroxylation is 3. The highest BCUT2D eigenvalue weighted by Gasteiger charge is 2.24. The Kier molecular flexibility index (Phi) is 5.40. The molecule has 0 saturated carbocycles. The van der Waals surface area contributed by atoms with Crippen LogP contribution in [0.1, 0.15) is 41.3 Å². The largest absolute Gasteiger partial charge is 0.352 e. The van der Waals surface area contributed by atoms with Gasteiger partial charge in [-0.05, 0) is 44.7 Å². The second-order valence-electron chi connectivity index (χ2n) is 6.84. The van der Waals surface area contributed by atoms with Crippen molar-refractivity contribution in [3.8, 4) is 0 Å². The van der Waals surface area contributed by atoms with Crippen molar-refractivity contribution in [2.45, 2.75) is 46.2 Å². The lowest BCUT2D eigenvalue weighted by Crippen LogP contribution is -2.46. The quantitative estimate of drug-likeness (QED) is 0.915. The summed E-state index contributed by atoms with van der Waals surface area (Å²) >= 11 is 0. The topological polar surface area (TPSA) is 67.2 Å². The molecule has 0 aliphatic carbocycles. The third-order valence-corrected chi connectivity index (χ3v) is 5.07. The molecule has 6 nitrogen and oxygen atoms in total. The maximum atomic E-state index is 12.7. The number of aromatic nitrogens is 2. The molecule has 0 radical (unpaired) electrons. The van der Waals surface area contributed by atoms with Crippen LogP contribution < -0.4 is 15.8 Å². The zero-order valence-corrected chi connectivity index (χ0v) is 15.7. The standard InChI is InChI=1S/C20H26N4O2/c1-4-23-13-10-21-18(20(23)26)24-11-8-16(9-12-24)22-19(25)17-14(2)6-5-7-15(17)3/h5-7,10,13,16H,4,8-9,11-12H2,1-3H3,(H,22,25). The van der Waals surface area contributed by atoms with Crippen molar-refractivity contribution in [1.82, 2.24) is 14.9 Å². The van der Waals surface area contributed by atoms with Gasteiger partial charge < -0.3 is 14.8 Å². The molecular formula is C20H26N4O2. The Morgan fingerprint density at radius 3 is 2.50 bits per heavy atom. The number of rotatable bonds is 4. The van der Waals surface area contributed by atoms with E-state index in [0.29, 0.717) is 25.5 Å². The fourth-order valence-electron chi connectivity index (χ4n) is 3.57. The number of carbonyl (C=O) groups excluding carboxylic acids is 1. The number of nitrogens with zero attached hydrogens (tertiary/aromatic N) is 3. The van der Waals surface area contributed by atoms with Gasteiger partial charge in [0.1, 0.15) is 0 Å². The number of amides is 1. The number of nitrogens with one attached hydrogen (secondary N) is 1. The Morgan fingerprint density at radius 2 is 1.88 bits per heavy atom. The summed E-state index contributed by atoms with van der Waals surface area (Å²) in [7, 11) is 0. The van der Waals surface area contributed by atoms with Crippen molar-refractivity contribution in [3.05, 3.63) is 57.6 Å². The van der Waals surface area contributed by atoms with Gasteiger partial charge >= 0.3 is 0 Å². The minimum atomic E-state index is -0.0481. The maximum absolute atomic E-state index is 12.7. The van der Waals surface area contributed by atoms with E-state index in [9.17, 15) is 9.59 Å². The highest BCUT2D eigenvalue weighted by atomic mass is 16.2. The number of hydrogen-bond acceptors (Lipinski definition) is 4. The molecule has 0 atom stereocenters. The summed E-state index contributed by atoms with van der Waals surface area (Å²) in [6, 6.07) is 6.01. The van der Waals surface area contributed by atoms with Crippen LogP contribution in [0.3, 0.4) is 0 Å². The van der Waals surface area contributed by atoms with Gasteiger partial charge in [0.2, 0.25) is 0 Å². The van der Waals surface area contributed by atoms with Gasteiger partial charge in [-0.1, -0.05) is 18.2 Å². The minimum Gasteiger partial charge on any atom is -0.352 e. The molecule has 1 saturated heterocycles. The smallest absolute Gasteiger partial charge is 0.293 e. The van der Waals surface area contributed by atoms with Crippen LogP contribution in [0.2, 0.25) is 0 Å². The van der Waals surface area contributed by atoms with E-state index in [1.54, 1.807) is 17.0 Å². The summed E-state index contributed by atoms with van der Waals surface area (Å²) in [4.78, 5) is 31.4. The molecule has 26 heavy (non-hydrogen) atoms. The molecule has 0 unspecified atom stereocenters.